The van der Waals surface area contributed by atoms with Crippen molar-refractivity contribution >= 4 is 11.8 Å². The first-order chi connectivity index (χ1) is 5.08. The second-order valence-electron chi connectivity index (χ2n) is 3.15. The van der Waals surface area contributed by atoms with Gasteiger partial charge in [0.2, 0.25) is 0 Å². The average Bonchev–Trinajstić information content (AvgIpc) is 2.43. The Balaban J connectivity index is 2.26. The molecule has 0 aromatic heterocycles. The fraction of sp³-hybridized carbons (Fsp3) is 0.714. The highest BCUT2D eigenvalue weighted by Crippen LogP contribution is 2.61. The molecule has 0 heterocycles. The number of ketones is 1. The number of alkyl halides is 1. The Morgan fingerprint density at radius 3 is 2.64 bits per heavy atom. The van der Waals surface area contributed by atoms with E-state index in [-0.39, 0.29) is 6.42 Å². The fourth-order valence-corrected chi connectivity index (χ4v) is 2.01. The van der Waals surface area contributed by atoms with Crippen molar-refractivity contribution in [3.8, 4) is 0 Å². The number of rotatable bonds is 1. The summed E-state index contributed by atoms with van der Waals surface area (Å²) in [5, 5.41) is 8.45. The highest BCUT2D eigenvalue weighted by molar-refractivity contribution is 6.00. The lowest BCUT2D eigenvalue weighted by Crippen LogP contribution is -2.20. The fourth-order valence-electron chi connectivity index (χ4n) is 2.01. The monoisotopic (exact) mass is 158 g/mol. The largest absolute Gasteiger partial charge is 0.481 e. The Morgan fingerprint density at radius 1 is 1.73 bits per heavy atom. The number of halogens is 1. The molecular formula is C7H7FO3. The predicted molar refractivity (Wildman–Crippen MR) is 32.7 cm³/mol. The second-order valence-corrected chi connectivity index (χ2v) is 3.15. The van der Waals surface area contributed by atoms with Gasteiger partial charge in [0.25, 0.3) is 0 Å². The molecule has 2 saturated carbocycles. The molecule has 3 atom stereocenters. The van der Waals surface area contributed by atoms with E-state index in [1.54, 1.807) is 0 Å². The van der Waals surface area contributed by atoms with E-state index in [4.69, 9.17) is 5.11 Å². The molecule has 0 aromatic rings. The van der Waals surface area contributed by atoms with Crippen LogP contribution in [0.4, 0.5) is 4.39 Å². The molecule has 2 fully saturated rings. The molecule has 0 radical (unpaired) electrons. The number of carbonyl (C=O) groups is 2. The number of fused-ring (bicyclic) bond motifs is 1. The van der Waals surface area contributed by atoms with Gasteiger partial charge in [-0.3, -0.25) is 9.59 Å². The molecule has 3 unspecified atom stereocenters. The number of carbonyl (C=O) groups excluding carboxylic acids is 1. The Kier molecular flexibility index (Phi) is 0.998. The zero-order chi connectivity index (χ0) is 8.22. The van der Waals surface area contributed by atoms with E-state index in [9.17, 15) is 14.0 Å². The molecule has 0 aromatic carbocycles. The van der Waals surface area contributed by atoms with Crippen molar-refractivity contribution < 1.29 is 19.1 Å². The third-order valence-corrected chi connectivity index (χ3v) is 2.66. The zero-order valence-corrected chi connectivity index (χ0v) is 5.71. The van der Waals surface area contributed by atoms with Crippen LogP contribution in [0.15, 0.2) is 0 Å². The summed E-state index contributed by atoms with van der Waals surface area (Å²) in [6.45, 7) is 0. The van der Waals surface area contributed by atoms with Crippen LogP contribution in [0.2, 0.25) is 0 Å². The minimum Gasteiger partial charge on any atom is -0.481 e. The molecule has 4 heteroatoms. The van der Waals surface area contributed by atoms with Crippen LogP contribution in [0.3, 0.4) is 0 Å². The van der Waals surface area contributed by atoms with Gasteiger partial charge in [0.15, 0.2) is 11.5 Å². The Hall–Kier alpha value is -0.930. The van der Waals surface area contributed by atoms with Crippen LogP contribution < -0.4 is 0 Å². The summed E-state index contributed by atoms with van der Waals surface area (Å²) >= 11 is 0. The quantitative estimate of drug-likeness (QED) is 0.600. The summed E-state index contributed by atoms with van der Waals surface area (Å²) in [7, 11) is 0. The Morgan fingerprint density at radius 2 is 2.36 bits per heavy atom. The van der Waals surface area contributed by atoms with Gasteiger partial charge >= 0.3 is 5.97 Å². The molecule has 0 saturated heterocycles. The number of hydrogen-bond acceptors (Lipinski definition) is 2. The topological polar surface area (TPSA) is 54.4 Å². The molecule has 2 rings (SSSR count). The van der Waals surface area contributed by atoms with E-state index in [2.05, 4.69) is 0 Å². The van der Waals surface area contributed by atoms with Crippen molar-refractivity contribution in [2.24, 2.45) is 11.8 Å². The van der Waals surface area contributed by atoms with E-state index in [1.807, 2.05) is 0 Å². The van der Waals surface area contributed by atoms with Crippen LogP contribution in [0.25, 0.3) is 0 Å². The molecule has 11 heavy (non-hydrogen) atoms. The number of Topliss-reactive ketones (excluding diaryl/α,β-unsaturated/α-hetero) is 1. The summed E-state index contributed by atoms with van der Waals surface area (Å²) in [4.78, 5) is 21.1. The van der Waals surface area contributed by atoms with Crippen molar-refractivity contribution in [2.45, 2.75) is 18.5 Å². The molecule has 0 amide bonds. The van der Waals surface area contributed by atoms with Crippen molar-refractivity contribution in [3.63, 3.8) is 0 Å². The molecular weight excluding hydrogens is 151 g/mol. The Labute approximate surface area is 62.2 Å². The summed E-state index contributed by atoms with van der Waals surface area (Å²) in [5.74, 6) is -3.25. The molecule has 3 nitrogen and oxygen atoms in total. The van der Waals surface area contributed by atoms with Gasteiger partial charge in [0, 0.05) is 12.3 Å². The summed E-state index contributed by atoms with van der Waals surface area (Å²) in [6.07, 6.45) is 0.622. The van der Waals surface area contributed by atoms with E-state index >= 15 is 0 Å². The maximum atomic E-state index is 13.3. The van der Waals surface area contributed by atoms with Gasteiger partial charge in [-0.2, -0.15) is 0 Å². The minimum atomic E-state index is -1.98. The molecule has 60 valence electrons. The SMILES string of the molecule is O=C(O)C1C2CCC(=O)C21F. The number of carboxylic acids is 1. The van der Waals surface area contributed by atoms with Crippen molar-refractivity contribution in [1.29, 1.82) is 0 Å². The van der Waals surface area contributed by atoms with Gasteiger partial charge < -0.3 is 5.11 Å². The maximum absolute atomic E-state index is 13.3. The zero-order valence-electron chi connectivity index (χ0n) is 5.71. The lowest BCUT2D eigenvalue weighted by Gasteiger charge is -1.98. The standard InChI is InChI=1S/C7H7FO3/c8-7-3(1-2-4(7)9)5(7)6(10)11/h3,5H,1-2H2,(H,10,11). The first kappa shape index (κ1) is 6.76. The highest BCUT2D eigenvalue weighted by Gasteiger charge is 2.76. The molecule has 2 aliphatic rings. The normalized spacial score (nSPS) is 47.2. The molecule has 1 N–H and O–H groups in total. The van der Waals surface area contributed by atoms with Crippen LogP contribution in [0.5, 0.6) is 0 Å². The molecule has 0 bridgehead atoms. The second kappa shape index (κ2) is 1.62. The lowest BCUT2D eigenvalue weighted by molar-refractivity contribution is -0.142. The highest BCUT2D eigenvalue weighted by atomic mass is 19.1. The average molecular weight is 158 g/mol. The number of carboxylic acid groups (broad SMARTS) is 1. The van der Waals surface area contributed by atoms with Crippen molar-refractivity contribution in [3.05, 3.63) is 0 Å². The first-order valence-electron chi connectivity index (χ1n) is 3.53. The van der Waals surface area contributed by atoms with Gasteiger partial charge in [0.1, 0.15) is 5.92 Å². The minimum absolute atomic E-state index is 0.213. The van der Waals surface area contributed by atoms with Crippen LogP contribution >= 0.6 is 0 Å². The lowest BCUT2D eigenvalue weighted by atomic mass is 10.1. The van der Waals surface area contributed by atoms with E-state index in [0.717, 1.165) is 0 Å². The first-order valence-corrected chi connectivity index (χ1v) is 3.53. The summed E-state index contributed by atoms with van der Waals surface area (Å²) < 4.78 is 13.3. The number of aliphatic carboxylic acids is 1. The Bertz CT molecular complexity index is 250. The smallest absolute Gasteiger partial charge is 0.310 e. The van der Waals surface area contributed by atoms with E-state index < -0.39 is 29.3 Å². The van der Waals surface area contributed by atoms with Gasteiger partial charge in [-0.15, -0.1) is 0 Å². The van der Waals surface area contributed by atoms with Crippen LogP contribution in [-0.4, -0.2) is 22.5 Å². The summed E-state index contributed by atoms with van der Waals surface area (Å²) in [5.41, 5.74) is -1.98. The van der Waals surface area contributed by atoms with Gasteiger partial charge in [-0.1, -0.05) is 0 Å². The molecule has 0 spiro atoms. The predicted octanol–water partition coefficient (Wildman–Crippen LogP) is 0.388. The number of hydrogen-bond donors (Lipinski definition) is 1. The summed E-state index contributed by atoms with van der Waals surface area (Å²) in [6, 6.07) is 0. The van der Waals surface area contributed by atoms with Gasteiger partial charge in [-0.05, 0) is 6.42 Å². The maximum Gasteiger partial charge on any atom is 0.310 e. The third kappa shape index (κ3) is 0.575. The third-order valence-electron chi connectivity index (χ3n) is 2.66. The van der Waals surface area contributed by atoms with Crippen LogP contribution in [0.1, 0.15) is 12.8 Å². The molecule has 2 aliphatic carbocycles. The van der Waals surface area contributed by atoms with Gasteiger partial charge in [-0.25, -0.2) is 4.39 Å². The van der Waals surface area contributed by atoms with Crippen molar-refractivity contribution in [1.82, 2.24) is 0 Å². The van der Waals surface area contributed by atoms with Crippen LogP contribution in [0, 0.1) is 11.8 Å². The van der Waals surface area contributed by atoms with Crippen LogP contribution in [-0.2, 0) is 9.59 Å². The van der Waals surface area contributed by atoms with E-state index in [1.165, 1.54) is 0 Å². The van der Waals surface area contributed by atoms with Crippen molar-refractivity contribution in [2.75, 3.05) is 0 Å². The molecule has 0 aliphatic heterocycles. The van der Waals surface area contributed by atoms with Gasteiger partial charge in [0.05, 0.1) is 0 Å². The van der Waals surface area contributed by atoms with E-state index in [0.29, 0.717) is 6.42 Å².